The SMILES string of the molecule is Br.Br.Br.Br.c1ccc(CNCc2ccc(CN(Cc3nc4ccccc4[nH]3)C3CCCc4cccnc43)cc2)nc1. The molecule has 10 heteroatoms. The van der Waals surface area contributed by atoms with E-state index < -0.39 is 0 Å². The summed E-state index contributed by atoms with van der Waals surface area (Å²) in [7, 11) is 0. The molecule has 0 amide bonds. The lowest BCUT2D eigenvalue weighted by Gasteiger charge is -2.34. The first-order chi connectivity index (χ1) is 18.3. The second-order valence-corrected chi connectivity index (χ2v) is 9.80. The number of hydrogen-bond acceptors (Lipinski definition) is 5. The molecule has 1 atom stereocenters. The molecule has 3 aromatic heterocycles. The van der Waals surface area contributed by atoms with Gasteiger partial charge < -0.3 is 10.3 Å². The predicted molar refractivity (Wildman–Crippen MR) is 188 cm³/mol. The van der Waals surface area contributed by atoms with Gasteiger partial charge in [0.05, 0.1) is 35.0 Å². The summed E-state index contributed by atoms with van der Waals surface area (Å²) in [5.74, 6) is 1.000. The van der Waals surface area contributed by atoms with Gasteiger partial charge in [0.25, 0.3) is 0 Å². The largest absolute Gasteiger partial charge is 0.341 e. The van der Waals surface area contributed by atoms with Crippen molar-refractivity contribution in [3.05, 3.63) is 125 Å². The number of rotatable bonds is 9. The maximum Gasteiger partial charge on any atom is 0.121 e. The minimum atomic E-state index is 0. The van der Waals surface area contributed by atoms with Crippen molar-refractivity contribution in [3.8, 4) is 0 Å². The van der Waals surface area contributed by atoms with Gasteiger partial charge in [-0.05, 0) is 66.3 Å². The summed E-state index contributed by atoms with van der Waals surface area (Å²) in [6.07, 6.45) is 7.17. The quantitative estimate of drug-likeness (QED) is 0.158. The van der Waals surface area contributed by atoms with Crippen molar-refractivity contribution in [2.75, 3.05) is 0 Å². The number of imidazole rings is 1. The zero-order chi connectivity index (χ0) is 24.9. The van der Waals surface area contributed by atoms with E-state index in [-0.39, 0.29) is 74.0 Å². The lowest BCUT2D eigenvalue weighted by molar-refractivity contribution is 0.153. The average Bonchev–Trinajstić information content (AvgIpc) is 3.36. The minimum Gasteiger partial charge on any atom is -0.341 e. The molecule has 5 aromatic rings. The van der Waals surface area contributed by atoms with Gasteiger partial charge in [0.15, 0.2) is 0 Å². The Morgan fingerprint density at radius 1 is 0.756 bits per heavy atom. The van der Waals surface area contributed by atoms with Crippen molar-refractivity contribution in [1.29, 1.82) is 0 Å². The van der Waals surface area contributed by atoms with Crippen LogP contribution in [-0.2, 0) is 32.6 Å². The third kappa shape index (κ3) is 9.02. The van der Waals surface area contributed by atoms with Crippen molar-refractivity contribution < 1.29 is 0 Å². The van der Waals surface area contributed by atoms with Crippen molar-refractivity contribution in [3.63, 3.8) is 0 Å². The summed E-state index contributed by atoms with van der Waals surface area (Å²) < 4.78 is 0. The second-order valence-electron chi connectivity index (χ2n) is 9.80. The fraction of sp³-hybridized carbons (Fsp3) is 0.258. The van der Waals surface area contributed by atoms with Gasteiger partial charge in [-0.3, -0.25) is 14.9 Å². The van der Waals surface area contributed by atoms with Crippen molar-refractivity contribution in [2.45, 2.75) is 51.5 Å². The van der Waals surface area contributed by atoms with Crippen LogP contribution < -0.4 is 5.32 Å². The van der Waals surface area contributed by atoms with Crippen LogP contribution in [0.15, 0.2) is 91.3 Å². The number of aryl methyl sites for hydroxylation is 1. The molecule has 0 bridgehead atoms. The summed E-state index contributed by atoms with van der Waals surface area (Å²) >= 11 is 0. The zero-order valence-corrected chi connectivity index (χ0v) is 29.5. The number of aromatic nitrogens is 4. The lowest BCUT2D eigenvalue weighted by Crippen LogP contribution is -2.31. The van der Waals surface area contributed by atoms with Crippen molar-refractivity contribution in [2.24, 2.45) is 0 Å². The molecule has 1 aliphatic rings. The fourth-order valence-corrected chi connectivity index (χ4v) is 5.32. The van der Waals surface area contributed by atoms with Gasteiger partial charge >= 0.3 is 0 Å². The van der Waals surface area contributed by atoms with Crippen LogP contribution in [0.1, 0.15) is 52.8 Å². The van der Waals surface area contributed by atoms with Crippen LogP contribution in [0, 0.1) is 0 Å². The maximum atomic E-state index is 4.89. The molecule has 2 aromatic carbocycles. The monoisotopic (exact) mass is 808 g/mol. The number of para-hydroxylation sites is 2. The van der Waals surface area contributed by atoms with E-state index in [9.17, 15) is 0 Å². The first kappa shape index (κ1) is 35.2. The van der Waals surface area contributed by atoms with Gasteiger partial charge in [0.1, 0.15) is 5.82 Å². The van der Waals surface area contributed by atoms with Gasteiger partial charge in [-0.25, -0.2) is 4.98 Å². The number of benzene rings is 2. The molecule has 3 heterocycles. The Labute approximate surface area is 283 Å². The summed E-state index contributed by atoms with van der Waals surface area (Å²) in [5, 5.41) is 3.49. The molecular formula is C31H36Br4N6. The van der Waals surface area contributed by atoms with Crippen LogP contribution in [0.3, 0.4) is 0 Å². The molecule has 41 heavy (non-hydrogen) atoms. The van der Waals surface area contributed by atoms with E-state index in [4.69, 9.17) is 9.97 Å². The average molecular weight is 812 g/mol. The number of H-pyrrole nitrogens is 1. The van der Waals surface area contributed by atoms with E-state index in [1.807, 2.05) is 36.7 Å². The highest BCUT2D eigenvalue weighted by Gasteiger charge is 2.28. The van der Waals surface area contributed by atoms with Crippen LogP contribution in [0.4, 0.5) is 0 Å². The number of hydrogen-bond donors (Lipinski definition) is 2. The number of pyridine rings is 2. The van der Waals surface area contributed by atoms with Gasteiger partial charge in [-0.1, -0.05) is 48.5 Å². The number of nitrogens with zero attached hydrogens (tertiary/aromatic N) is 4. The van der Waals surface area contributed by atoms with Crippen LogP contribution in [0.2, 0.25) is 0 Å². The van der Waals surface area contributed by atoms with Crippen molar-refractivity contribution in [1.82, 2.24) is 30.2 Å². The molecule has 1 unspecified atom stereocenters. The Bertz CT molecular complexity index is 1430. The third-order valence-electron chi connectivity index (χ3n) is 7.17. The Morgan fingerprint density at radius 3 is 2.29 bits per heavy atom. The van der Waals surface area contributed by atoms with E-state index >= 15 is 0 Å². The summed E-state index contributed by atoms with van der Waals surface area (Å²) in [6.45, 7) is 3.18. The third-order valence-corrected chi connectivity index (χ3v) is 7.17. The lowest BCUT2D eigenvalue weighted by atomic mass is 9.90. The van der Waals surface area contributed by atoms with Crippen LogP contribution >= 0.6 is 67.9 Å². The van der Waals surface area contributed by atoms with Crippen molar-refractivity contribution >= 4 is 79.0 Å². The topological polar surface area (TPSA) is 69.7 Å². The number of fused-ring (bicyclic) bond motifs is 2. The van der Waals surface area contributed by atoms with E-state index in [1.165, 1.54) is 28.8 Å². The molecule has 218 valence electrons. The molecule has 6 rings (SSSR count). The molecule has 0 saturated heterocycles. The Balaban J connectivity index is 0.00000147. The number of halogens is 4. The van der Waals surface area contributed by atoms with Gasteiger partial charge in [-0.15, -0.1) is 67.9 Å². The number of aromatic amines is 1. The second kappa shape index (κ2) is 17.2. The fourth-order valence-electron chi connectivity index (χ4n) is 5.32. The highest BCUT2D eigenvalue weighted by molar-refractivity contribution is 8.93. The Kier molecular flexibility index (Phi) is 14.8. The van der Waals surface area contributed by atoms with Crippen LogP contribution in [-0.4, -0.2) is 24.8 Å². The predicted octanol–water partition coefficient (Wildman–Crippen LogP) is 8.03. The molecule has 1 aliphatic carbocycles. The highest BCUT2D eigenvalue weighted by atomic mass is 79.9. The molecule has 0 saturated carbocycles. The summed E-state index contributed by atoms with van der Waals surface area (Å²) in [6, 6.07) is 27.8. The van der Waals surface area contributed by atoms with Gasteiger partial charge in [0, 0.05) is 32.0 Å². The van der Waals surface area contributed by atoms with Crippen LogP contribution in [0.5, 0.6) is 0 Å². The minimum absolute atomic E-state index is 0. The zero-order valence-electron chi connectivity index (χ0n) is 22.6. The van der Waals surface area contributed by atoms with E-state index in [2.05, 4.69) is 74.8 Å². The maximum absolute atomic E-state index is 4.89. The first-order valence-electron chi connectivity index (χ1n) is 13.1. The smallest absolute Gasteiger partial charge is 0.121 e. The molecule has 0 aliphatic heterocycles. The Hall–Kier alpha value is -1.95. The molecule has 6 nitrogen and oxygen atoms in total. The summed E-state index contributed by atoms with van der Waals surface area (Å²) in [5.41, 5.74) is 8.33. The standard InChI is InChI=1S/C31H32N6.4BrH/c1-2-11-28-27(10-1)35-30(36-28)22-37(29-12-5-7-25-8-6-18-34-31(25)29)21-24-15-13-23(14-16-24)19-32-20-26-9-3-4-17-33-26;;;;/h1-4,6,8-11,13-18,29,32H,5,7,12,19-22H2,(H,35,36);4*1H. The summed E-state index contributed by atoms with van der Waals surface area (Å²) in [4.78, 5) is 20.2. The van der Waals surface area contributed by atoms with Gasteiger partial charge in [0.2, 0.25) is 0 Å². The van der Waals surface area contributed by atoms with E-state index in [0.29, 0.717) is 0 Å². The molecule has 0 fully saturated rings. The Morgan fingerprint density at radius 2 is 1.51 bits per heavy atom. The number of nitrogens with one attached hydrogen (secondary N) is 2. The first-order valence-corrected chi connectivity index (χ1v) is 13.1. The van der Waals surface area contributed by atoms with Gasteiger partial charge in [-0.2, -0.15) is 0 Å². The normalized spacial score (nSPS) is 13.7. The highest BCUT2D eigenvalue weighted by Crippen LogP contribution is 2.34. The van der Waals surface area contributed by atoms with Crippen LogP contribution in [0.25, 0.3) is 11.0 Å². The molecular weight excluding hydrogens is 776 g/mol. The molecule has 0 radical (unpaired) electrons. The molecule has 2 N–H and O–H groups in total. The molecule has 0 spiro atoms. The van der Waals surface area contributed by atoms with E-state index in [0.717, 1.165) is 61.6 Å². The van der Waals surface area contributed by atoms with E-state index in [1.54, 1.807) is 0 Å².